The van der Waals surface area contributed by atoms with Crippen LogP contribution in [0.15, 0.2) is 0 Å². The molecule has 0 atom stereocenters. The molecule has 0 aliphatic heterocycles. The number of hydrogen-bond acceptors (Lipinski definition) is 7. The predicted molar refractivity (Wildman–Crippen MR) is 89.9 cm³/mol. The summed E-state index contributed by atoms with van der Waals surface area (Å²) in [6, 6.07) is -0.723. The molecule has 0 aliphatic rings. The van der Waals surface area contributed by atoms with Gasteiger partial charge in [-0.05, 0) is 26.3 Å². The quantitative estimate of drug-likeness (QED) is 0.447. The summed E-state index contributed by atoms with van der Waals surface area (Å²) in [5, 5.41) is 4.39. The molecule has 1 heterocycles. The molecule has 0 aromatic carbocycles. The van der Waals surface area contributed by atoms with Gasteiger partial charge < -0.3 is 24.5 Å². The molecule has 0 bridgehead atoms. The third-order valence-electron chi connectivity index (χ3n) is 3.30. The van der Waals surface area contributed by atoms with Crippen molar-refractivity contribution in [2.24, 2.45) is 0 Å². The predicted octanol–water partition coefficient (Wildman–Crippen LogP) is 0.437. The van der Waals surface area contributed by atoms with E-state index in [1.165, 1.54) is 7.11 Å². The van der Waals surface area contributed by atoms with Gasteiger partial charge in [-0.15, -0.1) is 0 Å². The van der Waals surface area contributed by atoms with Gasteiger partial charge in [-0.3, -0.25) is 10.1 Å². The highest BCUT2D eigenvalue weighted by atomic mass is 16.5. The number of esters is 2. The minimum absolute atomic E-state index is 0.0444. The van der Waals surface area contributed by atoms with E-state index < -0.39 is 30.5 Å². The van der Waals surface area contributed by atoms with Gasteiger partial charge in [0.25, 0.3) is 5.91 Å². The number of ether oxygens (including phenoxy) is 3. The molecule has 0 saturated heterocycles. The van der Waals surface area contributed by atoms with Gasteiger partial charge in [-0.25, -0.2) is 14.4 Å². The Morgan fingerprint density at radius 3 is 2.38 bits per heavy atom. The van der Waals surface area contributed by atoms with E-state index >= 15 is 0 Å². The Labute approximate surface area is 150 Å². The van der Waals surface area contributed by atoms with E-state index in [9.17, 15) is 19.2 Å². The maximum Gasteiger partial charge on any atom is 0.355 e. The van der Waals surface area contributed by atoms with Crippen LogP contribution in [0.2, 0.25) is 0 Å². The van der Waals surface area contributed by atoms with Crippen molar-refractivity contribution >= 4 is 23.9 Å². The molecule has 0 saturated carbocycles. The lowest BCUT2D eigenvalue weighted by Crippen LogP contribution is -2.42. The molecule has 1 aromatic heterocycles. The van der Waals surface area contributed by atoms with Crippen molar-refractivity contribution in [1.29, 1.82) is 0 Å². The van der Waals surface area contributed by atoms with Crippen molar-refractivity contribution in [2.45, 2.75) is 20.8 Å². The van der Waals surface area contributed by atoms with Gasteiger partial charge in [-0.1, -0.05) is 0 Å². The van der Waals surface area contributed by atoms with Crippen molar-refractivity contribution < 1.29 is 33.4 Å². The summed E-state index contributed by atoms with van der Waals surface area (Å²) in [4.78, 5) is 49.8. The molecule has 144 valence electrons. The van der Waals surface area contributed by atoms with Crippen LogP contribution in [0.1, 0.15) is 39.0 Å². The van der Waals surface area contributed by atoms with Gasteiger partial charge in [0.2, 0.25) is 0 Å². The first-order valence-electron chi connectivity index (χ1n) is 7.91. The Hall–Kier alpha value is -2.88. The van der Waals surface area contributed by atoms with Gasteiger partial charge >= 0.3 is 18.0 Å². The zero-order valence-corrected chi connectivity index (χ0v) is 15.2. The fourth-order valence-electron chi connectivity index (χ4n) is 2.14. The lowest BCUT2D eigenvalue weighted by atomic mass is 10.1. The number of aromatic amines is 1. The first kappa shape index (κ1) is 21.2. The van der Waals surface area contributed by atoms with Crippen LogP contribution in [0, 0.1) is 13.8 Å². The number of aromatic nitrogens is 1. The second kappa shape index (κ2) is 10.2. The normalized spacial score (nSPS) is 10.2. The third kappa shape index (κ3) is 5.88. The van der Waals surface area contributed by atoms with Gasteiger partial charge in [-0.2, -0.15) is 0 Å². The summed E-state index contributed by atoms with van der Waals surface area (Å²) in [6.45, 7) is 4.94. The van der Waals surface area contributed by atoms with Crippen LogP contribution in [0.5, 0.6) is 0 Å². The van der Waals surface area contributed by atoms with Crippen molar-refractivity contribution in [3.8, 4) is 0 Å². The highest BCUT2D eigenvalue weighted by molar-refractivity contribution is 6.00. The van der Waals surface area contributed by atoms with E-state index in [2.05, 4.69) is 10.3 Å². The number of imide groups is 1. The Morgan fingerprint density at radius 2 is 1.77 bits per heavy atom. The molecule has 0 spiro atoms. The molecule has 10 nitrogen and oxygen atoms in total. The largest absolute Gasteiger partial charge is 0.462 e. The standard InChI is InChI=1S/C16H23N3O7/c1-5-25-14(21)12-9(2)13(18-10(12)3)15(22)26-8-11(20)19-16(23)17-6-7-24-4/h18H,5-8H2,1-4H3,(H2,17,19,20,23). The Balaban J connectivity index is 2.61. The van der Waals surface area contributed by atoms with Crippen molar-refractivity contribution in [3.63, 3.8) is 0 Å². The number of nitrogens with one attached hydrogen (secondary N) is 3. The number of methoxy groups -OCH3 is 1. The van der Waals surface area contributed by atoms with Gasteiger partial charge in [0.1, 0.15) is 5.69 Å². The van der Waals surface area contributed by atoms with Crippen LogP contribution in [0.4, 0.5) is 4.79 Å². The minimum Gasteiger partial charge on any atom is -0.462 e. The van der Waals surface area contributed by atoms with Gasteiger partial charge in [0.15, 0.2) is 6.61 Å². The number of rotatable bonds is 8. The molecule has 3 amide bonds. The molecule has 0 aliphatic carbocycles. The molecular formula is C16H23N3O7. The zero-order valence-electron chi connectivity index (χ0n) is 15.2. The molecule has 1 rings (SSSR count). The number of aryl methyl sites for hydroxylation is 1. The van der Waals surface area contributed by atoms with Gasteiger partial charge in [0, 0.05) is 19.3 Å². The fraction of sp³-hybridized carbons (Fsp3) is 0.500. The summed E-state index contributed by atoms with van der Waals surface area (Å²) in [5.41, 5.74) is 1.11. The average Bonchev–Trinajstić information content (AvgIpc) is 2.87. The first-order chi connectivity index (χ1) is 12.3. The molecule has 0 radical (unpaired) electrons. The summed E-state index contributed by atoms with van der Waals surface area (Å²) in [7, 11) is 1.47. The first-order valence-corrected chi connectivity index (χ1v) is 7.91. The van der Waals surface area contributed by atoms with E-state index in [1.54, 1.807) is 20.8 Å². The van der Waals surface area contributed by atoms with E-state index in [0.717, 1.165) is 0 Å². The molecule has 1 aromatic rings. The Kier molecular flexibility index (Phi) is 8.29. The van der Waals surface area contributed by atoms with Crippen LogP contribution in [0.25, 0.3) is 0 Å². The molecular weight excluding hydrogens is 346 g/mol. The zero-order chi connectivity index (χ0) is 19.7. The van der Waals surface area contributed by atoms with E-state index in [4.69, 9.17) is 14.2 Å². The molecule has 26 heavy (non-hydrogen) atoms. The van der Waals surface area contributed by atoms with Crippen LogP contribution in [-0.4, -0.2) is 62.3 Å². The van der Waals surface area contributed by atoms with Crippen molar-refractivity contribution in [3.05, 3.63) is 22.5 Å². The second-order valence-corrected chi connectivity index (χ2v) is 5.22. The number of urea groups is 1. The van der Waals surface area contributed by atoms with E-state index in [0.29, 0.717) is 17.9 Å². The molecule has 10 heteroatoms. The smallest absolute Gasteiger partial charge is 0.355 e. The Bertz CT molecular complexity index is 682. The maximum atomic E-state index is 12.1. The van der Waals surface area contributed by atoms with Crippen LogP contribution >= 0.6 is 0 Å². The van der Waals surface area contributed by atoms with Crippen LogP contribution < -0.4 is 10.6 Å². The van der Waals surface area contributed by atoms with Crippen molar-refractivity contribution in [2.75, 3.05) is 33.5 Å². The van der Waals surface area contributed by atoms with Crippen molar-refractivity contribution in [1.82, 2.24) is 15.6 Å². The van der Waals surface area contributed by atoms with Crippen LogP contribution in [-0.2, 0) is 19.0 Å². The number of H-pyrrole nitrogens is 1. The SMILES string of the molecule is CCOC(=O)c1c(C)[nH]c(C(=O)OCC(=O)NC(=O)NCCOC)c1C. The lowest BCUT2D eigenvalue weighted by molar-refractivity contribution is -0.123. The monoisotopic (exact) mass is 369 g/mol. The Morgan fingerprint density at radius 1 is 1.08 bits per heavy atom. The lowest BCUT2D eigenvalue weighted by Gasteiger charge is -2.07. The molecule has 0 unspecified atom stereocenters. The highest BCUT2D eigenvalue weighted by Crippen LogP contribution is 2.19. The number of carbonyl (C=O) groups excluding carboxylic acids is 4. The summed E-state index contributed by atoms with van der Waals surface area (Å²) in [6.07, 6.45) is 0. The summed E-state index contributed by atoms with van der Waals surface area (Å²) < 4.78 is 14.5. The van der Waals surface area contributed by atoms with Gasteiger partial charge in [0.05, 0.1) is 18.8 Å². The second-order valence-electron chi connectivity index (χ2n) is 5.22. The number of hydrogen-bond donors (Lipinski definition) is 3. The summed E-state index contributed by atoms with van der Waals surface area (Å²) >= 11 is 0. The molecule has 3 N–H and O–H groups in total. The van der Waals surface area contributed by atoms with Crippen LogP contribution in [0.3, 0.4) is 0 Å². The van der Waals surface area contributed by atoms with E-state index in [-0.39, 0.29) is 24.4 Å². The maximum absolute atomic E-state index is 12.1. The van der Waals surface area contributed by atoms with E-state index in [1.807, 2.05) is 5.32 Å². The topological polar surface area (TPSA) is 136 Å². The fourth-order valence-corrected chi connectivity index (χ4v) is 2.14. The highest BCUT2D eigenvalue weighted by Gasteiger charge is 2.24. The average molecular weight is 369 g/mol. The third-order valence-corrected chi connectivity index (χ3v) is 3.30. The minimum atomic E-state index is -0.823. The summed E-state index contributed by atoms with van der Waals surface area (Å²) in [5.74, 6) is -2.17. The number of carbonyl (C=O) groups is 4. The number of amides is 3. The molecule has 0 fully saturated rings.